The summed E-state index contributed by atoms with van der Waals surface area (Å²) < 4.78 is 0. The van der Waals surface area contributed by atoms with Crippen LogP contribution < -0.4 is 11.1 Å². The van der Waals surface area contributed by atoms with Gasteiger partial charge in [0, 0.05) is 5.56 Å². The Morgan fingerprint density at radius 2 is 1.72 bits per heavy atom. The van der Waals surface area contributed by atoms with Gasteiger partial charge in [0.05, 0.1) is 11.4 Å². The van der Waals surface area contributed by atoms with Crippen molar-refractivity contribution >= 4 is 23.4 Å². The fourth-order valence-electron chi connectivity index (χ4n) is 3.17. The van der Waals surface area contributed by atoms with E-state index in [1.807, 2.05) is 42.5 Å². The molecule has 4 rings (SSSR count). The van der Waals surface area contributed by atoms with Gasteiger partial charge in [0.15, 0.2) is 0 Å². The zero-order valence-electron chi connectivity index (χ0n) is 13.7. The fraction of sp³-hybridized carbons (Fsp3) is 0.0455. The van der Waals surface area contributed by atoms with Crippen LogP contribution >= 0.6 is 0 Å². The summed E-state index contributed by atoms with van der Waals surface area (Å²) in [6.07, 6.45) is 5.08. The maximum atomic E-state index is 12.6. The van der Waals surface area contributed by atoms with Crippen molar-refractivity contribution in [3.8, 4) is 11.1 Å². The molecular weight excluding hydrogens is 308 g/mol. The first kappa shape index (κ1) is 15.2. The lowest BCUT2D eigenvalue weighted by molar-refractivity contribution is 0.102. The van der Waals surface area contributed by atoms with Crippen LogP contribution in [0, 0.1) is 0 Å². The number of hydrogen-bond acceptors (Lipinski definition) is 2. The van der Waals surface area contributed by atoms with E-state index in [0.717, 1.165) is 12.0 Å². The highest BCUT2D eigenvalue weighted by Crippen LogP contribution is 2.32. The number of rotatable bonds is 2. The molecule has 3 nitrogen and oxygen atoms in total. The third kappa shape index (κ3) is 2.92. The smallest absolute Gasteiger partial charge is 0.255 e. The summed E-state index contributed by atoms with van der Waals surface area (Å²) in [4.78, 5) is 12.6. The van der Waals surface area contributed by atoms with Crippen molar-refractivity contribution in [2.75, 3.05) is 11.1 Å². The Balaban J connectivity index is 1.68. The number of anilines is 2. The van der Waals surface area contributed by atoms with E-state index in [-0.39, 0.29) is 5.91 Å². The molecule has 3 heteroatoms. The Bertz CT molecular complexity index is 989. The lowest BCUT2D eigenvalue weighted by Crippen LogP contribution is -2.13. The first-order valence-corrected chi connectivity index (χ1v) is 8.27. The maximum Gasteiger partial charge on any atom is 0.255 e. The normalized spacial score (nSPS) is 12.0. The van der Waals surface area contributed by atoms with Crippen molar-refractivity contribution in [3.63, 3.8) is 0 Å². The molecule has 3 aromatic rings. The van der Waals surface area contributed by atoms with E-state index in [4.69, 9.17) is 5.73 Å². The van der Waals surface area contributed by atoms with Crippen LogP contribution in [0.25, 0.3) is 17.2 Å². The second-order valence-corrected chi connectivity index (χ2v) is 6.11. The summed E-state index contributed by atoms with van der Waals surface area (Å²) in [5.74, 6) is -0.151. The van der Waals surface area contributed by atoms with Crippen molar-refractivity contribution in [1.29, 1.82) is 0 Å². The van der Waals surface area contributed by atoms with Gasteiger partial charge < -0.3 is 11.1 Å². The number of hydrogen-bond donors (Lipinski definition) is 2. The number of benzene rings is 3. The molecule has 122 valence electrons. The molecule has 0 radical (unpaired) electrons. The number of nitrogen functional groups attached to an aromatic ring is 1. The lowest BCUT2D eigenvalue weighted by atomic mass is 9.94. The number of nitrogens with two attached hydrogens (primary N) is 1. The van der Waals surface area contributed by atoms with Crippen LogP contribution in [-0.2, 0) is 6.42 Å². The minimum absolute atomic E-state index is 0.151. The fourth-order valence-corrected chi connectivity index (χ4v) is 3.17. The van der Waals surface area contributed by atoms with Crippen LogP contribution in [0.5, 0.6) is 0 Å². The number of nitrogens with one attached hydrogen (secondary N) is 1. The monoisotopic (exact) mass is 326 g/mol. The zero-order valence-corrected chi connectivity index (χ0v) is 13.7. The molecule has 3 N–H and O–H groups in total. The zero-order chi connectivity index (χ0) is 17.2. The highest BCUT2D eigenvalue weighted by Gasteiger charge is 2.14. The average molecular weight is 326 g/mol. The van der Waals surface area contributed by atoms with Gasteiger partial charge in [0.2, 0.25) is 0 Å². The van der Waals surface area contributed by atoms with Crippen LogP contribution in [0.15, 0.2) is 72.8 Å². The quantitative estimate of drug-likeness (QED) is 0.667. The summed E-state index contributed by atoms with van der Waals surface area (Å²) in [6.45, 7) is 0. The molecule has 0 bridgehead atoms. The van der Waals surface area contributed by atoms with Gasteiger partial charge in [-0.3, -0.25) is 4.79 Å². The summed E-state index contributed by atoms with van der Waals surface area (Å²) in [5.41, 5.74) is 12.5. The van der Waals surface area contributed by atoms with Crippen LogP contribution in [0.3, 0.4) is 0 Å². The molecule has 0 heterocycles. The van der Waals surface area contributed by atoms with Gasteiger partial charge in [-0.25, -0.2) is 0 Å². The number of amides is 1. The van der Waals surface area contributed by atoms with E-state index in [2.05, 4.69) is 29.6 Å². The van der Waals surface area contributed by atoms with E-state index in [0.29, 0.717) is 16.9 Å². The first-order chi connectivity index (χ1) is 12.2. The van der Waals surface area contributed by atoms with E-state index in [1.54, 1.807) is 12.1 Å². The molecule has 0 aromatic heterocycles. The molecule has 1 aliphatic rings. The van der Waals surface area contributed by atoms with Gasteiger partial charge in [-0.05, 0) is 52.9 Å². The van der Waals surface area contributed by atoms with Gasteiger partial charge in [-0.1, -0.05) is 54.6 Å². The molecule has 0 unspecified atom stereocenters. The minimum atomic E-state index is -0.151. The molecule has 1 amide bonds. The third-order valence-electron chi connectivity index (χ3n) is 4.46. The average Bonchev–Trinajstić information content (AvgIpc) is 2.82. The molecule has 1 aliphatic carbocycles. The van der Waals surface area contributed by atoms with Crippen LogP contribution in [-0.4, -0.2) is 5.91 Å². The van der Waals surface area contributed by atoms with Crippen molar-refractivity contribution in [1.82, 2.24) is 0 Å². The van der Waals surface area contributed by atoms with Gasteiger partial charge in [-0.15, -0.1) is 0 Å². The Hall–Kier alpha value is -3.33. The Morgan fingerprint density at radius 1 is 0.920 bits per heavy atom. The van der Waals surface area contributed by atoms with E-state index in [1.165, 1.54) is 16.7 Å². The third-order valence-corrected chi connectivity index (χ3v) is 4.46. The standard InChI is InChI=1S/C22H18N2O/c23-20-10-3-4-11-21(20)24-22(25)17-12-13-19-16(14-17)8-5-7-15-6-1-2-9-18(15)19/h1-7,9-14H,8,23H2,(H,24,25). The van der Waals surface area contributed by atoms with Crippen LogP contribution in [0.1, 0.15) is 21.5 Å². The predicted molar refractivity (Wildman–Crippen MR) is 103 cm³/mol. The summed E-state index contributed by atoms with van der Waals surface area (Å²) in [7, 11) is 0. The first-order valence-electron chi connectivity index (χ1n) is 8.27. The van der Waals surface area contributed by atoms with Crippen molar-refractivity contribution < 1.29 is 4.79 Å². The number of carbonyl (C=O) groups is 1. The topological polar surface area (TPSA) is 55.1 Å². The van der Waals surface area contributed by atoms with Crippen molar-refractivity contribution in [2.45, 2.75) is 6.42 Å². The molecule has 0 atom stereocenters. The number of para-hydroxylation sites is 2. The Kier molecular flexibility index (Phi) is 3.82. The van der Waals surface area contributed by atoms with Gasteiger partial charge in [0.25, 0.3) is 5.91 Å². The molecule has 0 fully saturated rings. The van der Waals surface area contributed by atoms with Gasteiger partial charge >= 0.3 is 0 Å². The number of fused-ring (bicyclic) bond motifs is 3. The molecule has 25 heavy (non-hydrogen) atoms. The van der Waals surface area contributed by atoms with E-state index >= 15 is 0 Å². The predicted octanol–water partition coefficient (Wildman–Crippen LogP) is 4.76. The van der Waals surface area contributed by atoms with Crippen molar-refractivity contribution in [2.24, 2.45) is 0 Å². The number of allylic oxidation sites excluding steroid dienone is 1. The molecule has 3 aromatic carbocycles. The summed E-state index contributed by atoms with van der Waals surface area (Å²) in [6, 6.07) is 21.5. The minimum Gasteiger partial charge on any atom is -0.397 e. The lowest BCUT2D eigenvalue weighted by Gasteiger charge is -2.12. The Labute approximate surface area is 146 Å². The second-order valence-electron chi connectivity index (χ2n) is 6.11. The summed E-state index contributed by atoms with van der Waals surface area (Å²) in [5, 5.41) is 2.89. The van der Waals surface area contributed by atoms with E-state index < -0.39 is 0 Å². The molecule has 0 saturated carbocycles. The molecule has 0 aliphatic heterocycles. The highest BCUT2D eigenvalue weighted by molar-refractivity contribution is 6.06. The maximum absolute atomic E-state index is 12.6. The number of carbonyl (C=O) groups excluding carboxylic acids is 1. The Morgan fingerprint density at radius 3 is 2.60 bits per heavy atom. The van der Waals surface area contributed by atoms with Crippen LogP contribution in [0.2, 0.25) is 0 Å². The second kappa shape index (κ2) is 6.29. The molecular formula is C22H18N2O. The highest BCUT2D eigenvalue weighted by atomic mass is 16.1. The molecule has 0 saturated heterocycles. The largest absolute Gasteiger partial charge is 0.397 e. The van der Waals surface area contributed by atoms with Crippen LogP contribution in [0.4, 0.5) is 11.4 Å². The van der Waals surface area contributed by atoms with E-state index in [9.17, 15) is 4.79 Å². The SMILES string of the molecule is Nc1ccccc1NC(=O)c1ccc2c(c1)CC=Cc1ccccc1-2. The van der Waals surface area contributed by atoms with Crippen molar-refractivity contribution in [3.05, 3.63) is 89.5 Å². The summed E-state index contributed by atoms with van der Waals surface area (Å²) >= 11 is 0. The van der Waals surface area contributed by atoms with Gasteiger partial charge in [-0.2, -0.15) is 0 Å². The van der Waals surface area contributed by atoms with Gasteiger partial charge in [0.1, 0.15) is 0 Å². The molecule has 0 spiro atoms.